The molecule has 4 aromatic carbocycles. The molecule has 12 nitrogen and oxygen atoms in total. The molecule has 2 bridgehead atoms. The van der Waals surface area contributed by atoms with Crippen LogP contribution < -0.4 is 19.2 Å². The van der Waals surface area contributed by atoms with E-state index in [1.165, 1.54) is 17.8 Å². The number of esters is 3. The Kier molecular flexibility index (Phi) is 16.8. The van der Waals surface area contributed by atoms with Crippen LogP contribution in [0.5, 0.6) is 17.2 Å². The van der Waals surface area contributed by atoms with E-state index in [1.54, 1.807) is 54.9 Å². The lowest BCUT2D eigenvalue weighted by molar-refractivity contribution is -0.377. The molecule has 0 amide bonds. The van der Waals surface area contributed by atoms with Crippen molar-refractivity contribution in [2.45, 2.75) is 75.2 Å². The van der Waals surface area contributed by atoms with Gasteiger partial charge in [-0.1, -0.05) is 83.9 Å². The SMILES string of the molecule is O=C(C[C@@H](c1ccccc1)c1cccc(OC(=O)c2cccc(CN3CCS[C@H]3C(=O)O[C@@H](Cc3c(Cl)c[nH+]cc3Cl)c3ccc(OC(F)F)c(OCC4CC4)c3)c2)c1)O[C@H]1CN2CCC1CC2.[OH-]. The van der Waals surface area contributed by atoms with Crippen molar-refractivity contribution < 1.29 is 57.3 Å². The number of carbonyl (C=O) groups is 3. The smallest absolute Gasteiger partial charge is 0.387 e. The number of pyridine rings is 1. The number of fused-ring (bicyclic) bond motifs is 3. The molecule has 5 heterocycles. The normalized spacial score (nSPS) is 20.7. The Morgan fingerprint density at radius 2 is 1.57 bits per heavy atom. The van der Waals surface area contributed by atoms with Crippen molar-refractivity contribution in [2.75, 3.05) is 38.5 Å². The molecule has 0 radical (unpaired) electrons. The van der Waals surface area contributed by atoms with E-state index < -0.39 is 30.0 Å². The van der Waals surface area contributed by atoms with Gasteiger partial charge in [-0.3, -0.25) is 14.6 Å². The Bertz CT molecular complexity index is 2570. The van der Waals surface area contributed by atoms with E-state index in [0.717, 1.165) is 62.0 Å². The van der Waals surface area contributed by atoms with Crippen LogP contribution in [0.25, 0.3) is 0 Å². The van der Waals surface area contributed by atoms with Crippen LogP contribution >= 0.6 is 35.0 Å². The molecule has 0 unspecified atom stereocenters. The van der Waals surface area contributed by atoms with Crippen LogP contribution in [0.1, 0.15) is 82.3 Å². The van der Waals surface area contributed by atoms with Crippen molar-refractivity contribution in [1.29, 1.82) is 0 Å². The average Bonchev–Trinajstić information content (AvgIpc) is 4.06. The summed E-state index contributed by atoms with van der Waals surface area (Å²) in [6.45, 7) is 1.07. The summed E-state index contributed by atoms with van der Waals surface area (Å²) < 4.78 is 55.9. The lowest BCUT2D eigenvalue weighted by Crippen LogP contribution is -2.52. The number of aromatic nitrogens is 1. The predicted octanol–water partition coefficient (Wildman–Crippen LogP) is 9.80. The minimum Gasteiger partial charge on any atom is -0.870 e. The maximum absolute atomic E-state index is 14.2. The van der Waals surface area contributed by atoms with Crippen molar-refractivity contribution in [3.63, 3.8) is 0 Å². The number of piperidine rings is 3. The van der Waals surface area contributed by atoms with E-state index in [4.69, 9.17) is 46.9 Å². The van der Waals surface area contributed by atoms with E-state index in [0.29, 0.717) is 69.8 Å². The molecular formula is C52H53Cl2F2N3O9S. The molecule has 10 rings (SSSR count). The van der Waals surface area contributed by atoms with Gasteiger partial charge in [0.25, 0.3) is 0 Å². The third-order valence-corrected chi connectivity index (χ3v) is 14.9. The number of nitrogens with one attached hydrogen (secondary N) is 1. The van der Waals surface area contributed by atoms with Crippen LogP contribution in [0.4, 0.5) is 8.78 Å². The first-order chi connectivity index (χ1) is 33.0. The van der Waals surface area contributed by atoms with Crippen LogP contribution in [0, 0.1) is 11.8 Å². The molecule has 5 fully saturated rings. The maximum atomic E-state index is 14.2. The number of hydrogen-bond donors (Lipinski definition) is 0. The van der Waals surface area contributed by atoms with Gasteiger partial charge in [0.1, 0.15) is 28.0 Å². The number of halogens is 4. The van der Waals surface area contributed by atoms with Gasteiger partial charge >= 0.3 is 24.5 Å². The minimum absolute atomic E-state index is 0. The number of aromatic amines is 1. The predicted molar refractivity (Wildman–Crippen MR) is 255 cm³/mol. The monoisotopic (exact) mass is 1000 g/mol. The van der Waals surface area contributed by atoms with E-state index in [1.807, 2.05) is 53.4 Å². The largest absolute Gasteiger partial charge is 0.870 e. The van der Waals surface area contributed by atoms with Crippen molar-refractivity contribution in [1.82, 2.24) is 9.80 Å². The second-order valence-corrected chi connectivity index (χ2v) is 19.8. The minimum atomic E-state index is -3.06. The van der Waals surface area contributed by atoms with Gasteiger partial charge in [-0.15, -0.1) is 11.8 Å². The van der Waals surface area contributed by atoms with Crippen LogP contribution in [0.15, 0.2) is 109 Å². The fourth-order valence-corrected chi connectivity index (χ4v) is 10.9. The summed E-state index contributed by atoms with van der Waals surface area (Å²) in [7, 11) is 0. The lowest BCUT2D eigenvalue weighted by Gasteiger charge is -2.44. The zero-order valence-electron chi connectivity index (χ0n) is 37.7. The molecule has 5 aliphatic rings. The highest BCUT2D eigenvalue weighted by Gasteiger charge is 2.38. The Morgan fingerprint density at radius 1 is 0.812 bits per heavy atom. The summed E-state index contributed by atoms with van der Waals surface area (Å²) in [5, 5.41) is -0.0434. The first-order valence-corrected chi connectivity index (χ1v) is 24.8. The summed E-state index contributed by atoms with van der Waals surface area (Å²) >= 11 is 14.6. The molecule has 2 N–H and O–H groups in total. The number of ether oxygens (including phenoxy) is 5. The Balaban J connectivity index is 0.00000642. The number of H-pyrrole nitrogens is 1. The quantitative estimate of drug-likeness (QED) is 0.0573. The van der Waals surface area contributed by atoms with E-state index in [2.05, 4.69) is 9.88 Å². The van der Waals surface area contributed by atoms with Crippen LogP contribution in [0.2, 0.25) is 10.0 Å². The molecule has 1 aromatic heterocycles. The van der Waals surface area contributed by atoms with Gasteiger partial charge in [0.2, 0.25) is 0 Å². The van der Waals surface area contributed by atoms with Gasteiger partial charge in [0.05, 0.1) is 18.6 Å². The number of carbonyl (C=O) groups excluding carboxylic acids is 3. The third kappa shape index (κ3) is 12.9. The Hall–Kier alpha value is -5.29. The van der Waals surface area contributed by atoms with Crippen molar-refractivity contribution in [2.24, 2.45) is 11.8 Å². The van der Waals surface area contributed by atoms with Crippen LogP contribution in [-0.2, 0) is 32.0 Å². The summed E-state index contributed by atoms with van der Waals surface area (Å²) in [4.78, 5) is 48.7. The van der Waals surface area contributed by atoms with Crippen molar-refractivity contribution in [3.05, 3.63) is 153 Å². The van der Waals surface area contributed by atoms with Gasteiger partial charge in [0, 0.05) is 43.3 Å². The first-order valence-electron chi connectivity index (χ1n) is 23.0. The van der Waals surface area contributed by atoms with Gasteiger partial charge in [-0.05, 0) is 109 Å². The second-order valence-electron chi connectivity index (χ2n) is 17.8. The third-order valence-electron chi connectivity index (χ3n) is 13.0. The molecule has 5 aromatic rings. The summed E-state index contributed by atoms with van der Waals surface area (Å²) in [5.74, 6) is 0.0789. The first kappa shape index (κ1) is 50.1. The van der Waals surface area contributed by atoms with Gasteiger partial charge < -0.3 is 29.2 Å². The number of thioether (sulfide) groups is 1. The van der Waals surface area contributed by atoms with Crippen molar-refractivity contribution in [3.8, 4) is 17.2 Å². The number of nitrogens with zero attached hydrogens (tertiary/aromatic N) is 2. The highest BCUT2D eigenvalue weighted by molar-refractivity contribution is 8.00. The molecule has 69 heavy (non-hydrogen) atoms. The zero-order valence-corrected chi connectivity index (χ0v) is 40.0. The van der Waals surface area contributed by atoms with Crippen LogP contribution in [-0.4, -0.2) is 89.8 Å². The Labute approximate surface area is 413 Å². The van der Waals surface area contributed by atoms with E-state index in [-0.39, 0.29) is 47.8 Å². The highest BCUT2D eigenvalue weighted by atomic mass is 35.5. The number of rotatable bonds is 19. The van der Waals surface area contributed by atoms with Gasteiger partial charge in [-0.25, -0.2) is 14.6 Å². The number of hydrogen-bond acceptors (Lipinski definition) is 12. The molecule has 4 aliphatic heterocycles. The fraction of sp³-hybridized carbons (Fsp3) is 0.385. The molecular weight excluding hydrogens is 952 g/mol. The molecule has 17 heteroatoms. The van der Waals surface area contributed by atoms with Crippen molar-refractivity contribution >= 4 is 52.9 Å². The number of alkyl halides is 2. The fourth-order valence-electron chi connectivity index (χ4n) is 9.22. The summed E-state index contributed by atoms with van der Waals surface area (Å²) in [5.41, 5.74) is 3.89. The molecule has 4 saturated heterocycles. The molecule has 1 saturated carbocycles. The average molecular weight is 1000 g/mol. The van der Waals surface area contributed by atoms with E-state index >= 15 is 0 Å². The molecule has 4 atom stereocenters. The van der Waals surface area contributed by atoms with Crippen LogP contribution in [0.3, 0.4) is 0 Å². The highest BCUT2D eigenvalue weighted by Crippen LogP contribution is 2.40. The van der Waals surface area contributed by atoms with Gasteiger partial charge in [0.15, 0.2) is 29.3 Å². The standard InChI is InChI=1S/C52H51Cl2F2N3O8S.H2O/c53-42-27-57-28-43(54)41(42)25-45(37-14-15-44(67-52(55)56)46(24-37)63-31-32-12-13-32)66-51(62)49-59(20-21-68-49)29-33-6-4-10-38(22-33)50(61)64-39-11-5-9-36(23-39)40(34-7-2-1-3-8-34)26-48(60)65-47-30-58-18-16-35(47)17-19-58;/h1-11,14-15,22-24,27-28,32,35,40,45,47,49,52H,12-13,16-21,25-26,29-31H2;1H2/t40-,45-,47-,49-;/m0./s1. The maximum Gasteiger partial charge on any atom is 0.387 e. The Morgan fingerprint density at radius 3 is 2.29 bits per heavy atom. The molecule has 1 aliphatic carbocycles. The summed E-state index contributed by atoms with van der Waals surface area (Å²) in [6.07, 6.45) is 6.42. The second kappa shape index (κ2) is 23.1. The topological polar surface area (TPSA) is 148 Å². The zero-order chi connectivity index (χ0) is 47.1. The molecule has 0 spiro atoms. The summed E-state index contributed by atoms with van der Waals surface area (Å²) in [6, 6.07) is 28.7. The number of benzene rings is 4. The van der Waals surface area contributed by atoms with E-state index in [9.17, 15) is 23.2 Å². The molecule has 364 valence electrons. The lowest BCUT2D eigenvalue weighted by atomic mass is 9.85. The van der Waals surface area contributed by atoms with Gasteiger partial charge in [-0.2, -0.15) is 8.78 Å².